The molecule has 0 saturated carbocycles. The Kier molecular flexibility index (Phi) is 20.6. The van der Waals surface area contributed by atoms with E-state index in [4.69, 9.17) is 36.8 Å². The molecule has 0 spiro atoms. The molecule has 0 bridgehead atoms. The van der Waals surface area contributed by atoms with Gasteiger partial charge in [0.2, 0.25) is 12.1 Å². The van der Waals surface area contributed by atoms with Gasteiger partial charge in [0.1, 0.15) is 0 Å². The maximum Gasteiger partial charge on any atom is 2.00 e. The van der Waals surface area contributed by atoms with Crippen molar-refractivity contribution in [2.75, 3.05) is 0 Å². The average Bonchev–Trinajstić information content (AvgIpc) is 2.71. The second-order valence-electron chi connectivity index (χ2n) is 4.43. The second-order valence-corrected chi connectivity index (χ2v) is 4.43. The standard InChI is InChI=1S/2C9H9N.2CN.Pt/c2*1-8(10-2)9-6-4-3-5-7-9;2*1-2;/h2*3-8H,1H3;;;/q;;2*-1;+2/t2*8-;;;/m00.../s1. The van der Waals surface area contributed by atoms with Crippen molar-refractivity contribution >= 4 is 0 Å². The third-order valence-electron chi connectivity index (χ3n) is 2.95. The maximum atomic E-state index is 6.77. The van der Waals surface area contributed by atoms with Crippen LogP contribution in [0.25, 0.3) is 9.69 Å². The van der Waals surface area contributed by atoms with Gasteiger partial charge in [-0.2, -0.15) is 0 Å². The Balaban J connectivity index is -0.000000312. The van der Waals surface area contributed by atoms with Crippen molar-refractivity contribution < 1.29 is 21.1 Å². The molecule has 25 heavy (non-hydrogen) atoms. The summed E-state index contributed by atoms with van der Waals surface area (Å²) in [5.41, 5.74) is 2.19. The van der Waals surface area contributed by atoms with Crippen LogP contribution >= 0.6 is 0 Å². The molecule has 0 N–H and O–H groups in total. The van der Waals surface area contributed by atoms with Crippen LogP contribution < -0.4 is 0 Å². The van der Waals surface area contributed by atoms with Crippen molar-refractivity contribution in [1.29, 1.82) is 10.5 Å². The van der Waals surface area contributed by atoms with Gasteiger partial charge in [-0.25, -0.2) is 13.1 Å². The fourth-order valence-corrected chi connectivity index (χ4v) is 1.61. The van der Waals surface area contributed by atoms with E-state index in [9.17, 15) is 0 Å². The number of rotatable bonds is 2. The maximum absolute atomic E-state index is 6.77. The Morgan fingerprint density at radius 1 is 0.640 bits per heavy atom. The summed E-state index contributed by atoms with van der Waals surface area (Å²) in [5.74, 6) is 0. The Labute approximate surface area is 165 Å². The van der Waals surface area contributed by atoms with Crippen LogP contribution in [0.2, 0.25) is 0 Å². The van der Waals surface area contributed by atoms with Crippen LogP contribution in [0.4, 0.5) is 0 Å². The topological polar surface area (TPSA) is 56.3 Å². The van der Waals surface area contributed by atoms with Gasteiger partial charge in [-0.05, 0) is 0 Å². The van der Waals surface area contributed by atoms with Gasteiger partial charge < -0.3 is 33.4 Å². The molecule has 0 unspecified atom stereocenters. The van der Waals surface area contributed by atoms with E-state index >= 15 is 0 Å². The van der Waals surface area contributed by atoms with Crippen molar-refractivity contribution in [3.63, 3.8) is 0 Å². The molecule has 0 saturated heterocycles. The molecule has 0 fully saturated rings. The van der Waals surface area contributed by atoms with Crippen LogP contribution in [-0.2, 0) is 21.1 Å². The molecule has 4 nitrogen and oxygen atoms in total. The van der Waals surface area contributed by atoms with Crippen LogP contribution in [-0.4, -0.2) is 0 Å². The van der Waals surface area contributed by atoms with Crippen LogP contribution in [0, 0.1) is 36.8 Å². The van der Waals surface area contributed by atoms with E-state index in [1.807, 2.05) is 74.5 Å². The number of nitrogens with zero attached hydrogens (tertiary/aromatic N) is 4. The quantitative estimate of drug-likeness (QED) is 0.501. The zero-order chi connectivity index (χ0) is 18.8. The van der Waals surface area contributed by atoms with E-state index in [0.29, 0.717) is 0 Å². The van der Waals surface area contributed by atoms with Crippen molar-refractivity contribution in [1.82, 2.24) is 0 Å². The minimum absolute atomic E-state index is 0. The molecule has 0 aliphatic heterocycles. The van der Waals surface area contributed by atoms with Gasteiger partial charge in [0.15, 0.2) is 0 Å². The summed E-state index contributed by atoms with van der Waals surface area (Å²) < 4.78 is 0. The van der Waals surface area contributed by atoms with Gasteiger partial charge in [0, 0.05) is 25.0 Å². The molecule has 2 atom stereocenters. The molecule has 2 aromatic carbocycles. The van der Waals surface area contributed by atoms with Crippen LogP contribution in [0.5, 0.6) is 0 Å². The number of hydrogen-bond acceptors (Lipinski definition) is 2. The van der Waals surface area contributed by atoms with Crippen LogP contribution in [0.1, 0.15) is 37.1 Å². The molecule has 5 heteroatoms. The van der Waals surface area contributed by atoms with Gasteiger partial charge in [0.25, 0.3) is 0 Å². The largest absolute Gasteiger partial charge is 2.00 e. The predicted octanol–water partition coefficient (Wildman–Crippen LogP) is 5.52. The average molecular weight is 509 g/mol. The summed E-state index contributed by atoms with van der Waals surface area (Å²) in [5, 5.41) is 12.5. The summed E-state index contributed by atoms with van der Waals surface area (Å²) in [4.78, 5) is 6.82. The van der Waals surface area contributed by atoms with E-state index in [1.54, 1.807) is 0 Å². The molecular formula is C20H18N4Pt. The summed E-state index contributed by atoms with van der Waals surface area (Å²) in [6.07, 6.45) is 0. The Morgan fingerprint density at radius 2 is 0.880 bits per heavy atom. The monoisotopic (exact) mass is 509 g/mol. The van der Waals surface area contributed by atoms with E-state index in [-0.39, 0.29) is 33.1 Å². The van der Waals surface area contributed by atoms with E-state index in [1.165, 1.54) is 0 Å². The van der Waals surface area contributed by atoms with E-state index < -0.39 is 0 Å². The molecule has 0 radical (unpaired) electrons. The molecule has 128 valence electrons. The van der Waals surface area contributed by atoms with Gasteiger partial charge >= 0.3 is 21.1 Å². The summed E-state index contributed by atoms with van der Waals surface area (Å²) in [6, 6.07) is 19.6. The van der Waals surface area contributed by atoms with Gasteiger partial charge in [-0.3, -0.25) is 0 Å². The van der Waals surface area contributed by atoms with Crippen molar-refractivity contribution in [2.45, 2.75) is 25.9 Å². The summed E-state index contributed by atoms with van der Waals surface area (Å²) in [6.45, 7) is 26.9. The minimum atomic E-state index is 0. The minimum Gasteiger partial charge on any atom is -0.512 e. The van der Waals surface area contributed by atoms with Gasteiger partial charge in [-0.15, -0.1) is 0 Å². The first-order valence-corrected chi connectivity index (χ1v) is 6.96. The van der Waals surface area contributed by atoms with E-state index in [0.717, 1.165) is 11.1 Å². The number of benzene rings is 2. The molecule has 0 aliphatic carbocycles. The Morgan fingerprint density at radius 3 is 1.08 bits per heavy atom. The van der Waals surface area contributed by atoms with E-state index in [2.05, 4.69) is 9.69 Å². The third-order valence-corrected chi connectivity index (χ3v) is 2.95. The molecule has 0 amide bonds. The fraction of sp³-hybridized carbons (Fsp3) is 0.200. The molecule has 2 aromatic rings. The van der Waals surface area contributed by atoms with Crippen molar-refractivity contribution in [3.8, 4) is 0 Å². The Bertz CT molecular complexity index is 605. The van der Waals surface area contributed by atoms with Crippen LogP contribution in [0.15, 0.2) is 60.7 Å². The first-order chi connectivity index (χ1) is 11.7. The van der Waals surface area contributed by atoms with Gasteiger partial charge in [0.05, 0.1) is 0 Å². The molecule has 0 aliphatic rings. The molecular weight excluding hydrogens is 491 g/mol. The molecule has 2 rings (SSSR count). The van der Waals surface area contributed by atoms with Crippen LogP contribution in [0.3, 0.4) is 0 Å². The summed E-state index contributed by atoms with van der Waals surface area (Å²) >= 11 is 0. The zero-order valence-corrected chi connectivity index (χ0v) is 16.3. The second kappa shape index (κ2) is 19.1. The van der Waals surface area contributed by atoms with Crippen molar-refractivity contribution in [3.05, 3.63) is 108 Å². The summed E-state index contributed by atoms with van der Waals surface area (Å²) in [7, 11) is 0. The Hall–Kier alpha value is -2.91. The first-order valence-electron chi connectivity index (χ1n) is 6.96. The zero-order valence-electron chi connectivity index (χ0n) is 14.0. The third kappa shape index (κ3) is 12.2. The predicted molar refractivity (Wildman–Crippen MR) is 92.9 cm³/mol. The first kappa shape index (κ1) is 27.0. The SMILES string of the molecule is [C-]#N.[C-]#N.[C-]#[N+][C@@H](C)c1ccccc1.[C-]#[N+][C@@H](C)c1ccccc1.[Pt+2]. The fourth-order valence-electron chi connectivity index (χ4n) is 1.61. The smallest absolute Gasteiger partial charge is 0.512 e. The number of hydrogen-bond donors (Lipinski definition) is 0. The normalized spacial score (nSPS) is 9.76. The van der Waals surface area contributed by atoms with Gasteiger partial charge in [-0.1, -0.05) is 60.7 Å². The molecule has 0 heterocycles. The van der Waals surface area contributed by atoms with Crippen molar-refractivity contribution in [2.24, 2.45) is 0 Å². The molecule has 0 aromatic heterocycles.